The van der Waals surface area contributed by atoms with Crippen LogP contribution in [0.2, 0.25) is 10.0 Å². The van der Waals surface area contributed by atoms with Gasteiger partial charge in [0.2, 0.25) is 0 Å². The summed E-state index contributed by atoms with van der Waals surface area (Å²) in [6.07, 6.45) is 1.26. The molecule has 0 aliphatic heterocycles. The van der Waals surface area contributed by atoms with E-state index >= 15 is 0 Å². The summed E-state index contributed by atoms with van der Waals surface area (Å²) in [7, 11) is 0. The number of carbonyl (C=O) groups excluding carboxylic acids is 1. The molecule has 0 fully saturated rings. The molecular formula is C12H8Cl2FN3O. The third kappa shape index (κ3) is 3.13. The number of pyridine rings is 1. The molecule has 0 saturated carbocycles. The first-order valence-electron chi connectivity index (χ1n) is 5.15. The molecule has 4 nitrogen and oxygen atoms in total. The number of halogens is 3. The Balaban J connectivity index is 2.30. The molecule has 0 atom stereocenters. The molecule has 0 saturated heterocycles. The van der Waals surface area contributed by atoms with Crippen molar-refractivity contribution in [3.8, 4) is 0 Å². The van der Waals surface area contributed by atoms with Crippen molar-refractivity contribution in [1.29, 1.82) is 0 Å². The fourth-order valence-corrected chi connectivity index (χ4v) is 1.77. The molecule has 1 amide bonds. The zero-order chi connectivity index (χ0) is 14.0. The molecule has 0 aliphatic carbocycles. The molecular weight excluding hydrogens is 292 g/mol. The number of carbonyl (C=O) groups is 1. The van der Waals surface area contributed by atoms with E-state index in [9.17, 15) is 9.18 Å². The average Bonchev–Trinajstić information content (AvgIpc) is 2.36. The Morgan fingerprint density at radius 3 is 2.74 bits per heavy atom. The zero-order valence-corrected chi connectivity index (χ0v) is 11.0. The van der Waals surface area contributed by atoms with E-state index in [0.29, 0.717) is 0 Å². The van der Waals surface area contributed by atoms with E-state index in [1.54, 1.807) is 0 Å². The zero-order valence-electron chi connectivity index (χ0n) is 9.45. The van der Waals surface area contributed by atoms with Crippen LogP contribution in [0.4, 0.5) is 15.9 Å². The average molecular weight is 300 g/mol. The van der Waals surface area contributed by atoms with Crippen LogP contribution in [0.15, 0.2) is 30.5 Å². The minimum Gasteiger partial charge on any atom is -0.384 e. The van der Waals surface area contributed by atoms with Crippen LogP contribution < -0.4 is 11.1 Å². The van der Waals surface area contributed by atoms with E-state index < -0.39 is 11.7 Å². The van der Waals surface area contributed by atoms with Gasteiger partial charge in [-0.2, -0.15) is 0 Å². The topological polar surface area (TPSA) is 68.0 Å². The highest BCUT2D eigenvalue weighted by molar-refractivity contribution is 6.35. The van der Waals surface area contributed by atoms with Crippen LogP contribution in [0.5, 0.6) is 0 Å². The van der Waals surface area contributed by atoms with Crippen LogP contribution in [0.3, 0.4) is 0 Å². The molecule has 7 heteroatoms. The second-order valence-corrected chi connectivity index (χ2v) is 4.48. The smallest absolute Gasteiger partial charge is 0.257 e. The molecule has 0 radical (unpaired) electrons. The highest BCUT2D eigenvalue weighted by Gasteiger charge is 2.13. The molecule has 0 unspecified atom stereocenters. The first kappa shape index (κ1) is 13.6. The Hall–Kier alpha value is -1.85. The van der Waals surface area contributed by atoms with Gasteiger partial charge in [-0.15, -0.1) is 0 Å². The number of nitrogens with zero attached hydrogens (tertiary/aromatic N) is 1. The summed E-state index contributed by atoms with van der Waals surface area (Å²) < 4.78 is 13.1. The van der Waals surface area contributed by atoms with E-state index in [1.807, 2.05) is 0 Å². The Morgan fingerprint density at radius 2 is 2.00 bits per heavy atom. The SMILES string of the molecule is Nc1cc(C(=O)Nc2cc(F)ccc2Cl)c(Cl)cn1. The molecule has 1 aromatic carbocycles. The molecule has 19 heavy (non-hydrogen) atoms. The van der Waals surface area contributed by atoms with Crippen molar-refractivity contribution in [1.82, 2.24) is 4.98 Å². The number of hydrogen-bond donors (Lipinski definition) is 2. The maximum absolute atomic E-state index is 13.1. The molecule has 1 heterocycles. The van der Waals surface area contributed by atoms with Gasteiger partial charge in [-0.1, -0.05) is 23.2 Å². The third-order valence-electron chi connectivity index (χ3n) is 2.30. The number of nitrogens with two attached hydrogens (primary N) is 1. The predicted octanol–water partition coefficient (Wildman–Crippen LogP) is 3.36. The second kappa shape index (κ2) is 5.42. The van der Waals surface area contributed by atoms with Crippen molar-refractivity contribution in [2.75, 3.05) is 11.1 Å². The quantitative estimate of drug-likeness (QED) is 0.893. The van der Waals surface area contributed by atoms with Crippen LogP contribution in [0.25, 0.3) is 0 Å². The number of nitrogens with one attached hydrogen (secondary N) is 1. The molecule has 1 aromatic heterocycles. The van der Waals surface area contributed by atoms with Gasteiger partial charge in [-0.05, 0) is 24.3 Å². The minimum atomic E-state index is -0.549. The maximum Gasteiger partial charge on any atom is 0.257 e. The molecule has 0 bridgehead atoms. The molecule has 0 spiro atoms. The van der Waals surface area contributed by atoms with Gasteiger partial charge in [-0.3, -0.25) is 4.79 Å². The number of nitrogen functional groups attached to an aromatic ring is 1. The van der Waals surface area contributed by atoms with Gasteiger partial charge < -0.3 is 11.1 Å². The van der Waals surface area contributed by atoms with E-state index in [-0.39, 0.29) is 27.1 Å². The monoisotopic (exact) mass is 299 g/mol. The van der Waals surface area contributed by atoms with E-state index in [4.69, 9.17) is 28.9 Å². The van der Waals surface area contributed by atoms with Crippen LogP contribution in [0, 0.1) is 5.82 Å². The van der Waals surface area contributed by atoms with Gasteiger partial charge in [0.15, 0.2) is 0 Å². The summed E-state index contributed by atoms with van der Waals surface area (Å²) in [6.45, 7) is 0. The van der Waals surface area contributed by atoms with Gasteiger partial charge in [0.05, 0.1) is 21.3 Å². The lowest BCUT2D eigenvalue weighted by atomic mass is 10.2. The lowest BCUT2D eigenvalue weighted by molar-refractivity contribution is 0.102. The summed E-state index contributed by atoms with van der Waals surface area (Å²) in [5.74, 6) is -0.911. The number of anilines is 2. The van der Waals surface area contributed by atoms with E-state index in [0.717, 1.165) is 6.07 Å². The number of amides is 1. The van der Waals surface area contributed by atoms with Crippen LogP contribution in [-0.2, 0) is 0 Å². The standard InChI is InChI=1S/C12H8Cl2FN3O/c13-8-2-1-6(15)3-10(8)18-12(19)7-4-11(16)17-5-9(7)14/h1-5H,(H2,16,17)(H,18,19). The molecule has 2 aromatic rings. The summed E-state index contributed by atoms with van der Waals surface area (Å²) in [6, 6.07) is 4.97. The summed E-state index contributed by atoms with van der Waals surface area (Å²) >= 11 is 11.7. The second-order valence-electron chi connectivity index (χ2n) is 3.67. The fourth-order valence-electron chi connectivity index (χ4n) is 1.41. The number of aromatic nitrogens is 1. The lowest BCUT2D eigenvalue weighted by Gasteiger charge is -2.08. The van der Waals surface area contributed by atoms with Crippen molar-refractivity contribution in [3.63, 3.8) is 0 Å². The number of hydrogen-bond acceptors (Lipinski definition) is 3. The van der Waals surface area contributed by atoms with Crippen LogP contribution in [-0.4, -0.2) is 10.9 Å². The molecule has 0 aliphatic rings. The van der Waals surface area contributed by atoms with Crippen molar-refractivity contribution < 1.29 is 9.18 Å². The normalized spacial score (nSPS) is 10.3. The number of benzene rings is 1. The van der Waals surface area contributed by atoms with Crippen molar-refractivity contribution in [2.24, 2.45) is 0 Å². The highest BCUT2D eigenvalue weighted by Crippen LogP contribution is 2.24. The van der Waals surface area contributed by atoms with Gasteiger partial charge in [0, 0.05) is 6.20 Å². The van der Waals surface area contributed by atoms with E-state index in [1.165, 1.54) is 24.4 Å². The molecule has 98 valence electrons. The van der Waals surface area contributed by atoms with E-state index in [2.05, 4.69) is 10.3 Å². The predicted molar refractivity (Wildman–Crippen MR) is 73.0 cm³/mol. The van der Waals surface area contributed by atoms with Gasteiger partial charge in [0.1, 0.15) is 11.6 Å². The maximum atomic E-state index is 13.1. The Labute approximate surface area is 118 Å². The first-order chi connectivity index (χ1) is 8.97. The van der Waals surface area contributed by atoms with Gasteiger partial charge in [-0.25, -0.2) is 9.37 Å². The van der Waals surface area contributed by atoms with Crippen LogP contribution >= 0.6 is 23.2 Å². The Kier molecular flexibility index (Phi) is 3.87. The van der Waals surface area contributed by atoms with Gasteiger partial charge in [0.25, 0.3) is 5.91 Å². The minimum absolute atomic E-state index is 0.134. The van der Waals surface area contributed by atoms with Crippen LogP contribution in [0.1, 0.15) is 10.4 Å². The first-order valence-corrected chi connectivity index (χ1v) is 5.90. The highest BCUT2D eigenvalue weighted by atomic mass is 35.5. The van der Waals surface area contributed by atoms with Crippen molar-refractivity contribution in [2.45, 2.75) is 0 Å². The molecule has 2 rings (SSSR count). The lowest BCUT2D eigenvalue weighted by Crippen LogP contribution is -2.13. The molecule has 3 N–H and O–H groups in total. The van der Waals surface area contributed by atoms with Crippen molar-refractivity contribution >= 4 is 40.6 Å². The summed E-state index contributed by atoms with van der Waals surface area (Å²) in [5, 5.41) is 2.81. The summed E-state index contributed by atoms with van der Waals surface area (Å²) in [5.41, 5.74) is 5.76. The Morgan fingerprint density at radius 1 is 1.26 bits per heavy atom. The summed E-state index contributed by atoms with van der Waals surface area (Å²) in [4.78, 5) is 15.7. The third-order valence-corrected chi connectivity index (χ3v) is 2.93. The van der Waals surface area contributed by atoms with Gasteiger partial charge >= 0.3 is 0 Å². The Bertz CT molecular complexity index is 649. The largest absolute Gasteiger partial charge is 0.384 e. The number of rotatable bonds is 2. The fraction of sp³-hybridized carbons (Fsp3) is 0. The van der Waals surface area contributed by atoms with Crippen molar-refractivity contribution in [3.05, 3.63) is 51.9 Å².